The average Bonchev–Trinajstić information content (AvgIpc) is 3.60. The fourth-order valence-corrected chi connectivity index (χ4v) is 8.15. The van der Waals surface area contributed by atoms with Crippen LogP contribution in [0.1, 0.15) is 25.0 Å². The molecule has 47 heavy (non-hydrogen) atoms. The number of hydrogen-bond acceptors (Lipinski definition) is 2. The van der Waals surface area contributed by atoms with Crippen molar-refractivity contribution in [3.8, 4) is 11.1 Å². The van der Waals surface area contributed by atoms with Crippen LogP contribution in [-0.4, -0.2) is 0 Å². The minimum Gasteiger partial charge on any atom is -0.456 e. The summed E-state index contributed by atoms with van der Waals surface area (Å²) in [4.78, 5) is 2.43. The highest BCUT2D eigenvalue weighted by atomic mass is 16.3. The Kier molecular flexibility index (Phi) is 5.37. The number of fused-ring (bicyclic) bond motifs is 11. The van der Waals surface area contributed by atoms with Crippen LogP contribution >= 0.6 is 0 Å². The second kappa shape index (κ2) is 9.57. The van der Waals surface area contributed by atoms with Crippen LogP contribution in [0, 0.1) is 0 Å². The first-order valence-corrected chi connectivity index (χ1v) is 16.4. The third-order valence-electron chi connectivity index (χ3n) is 10.4. The summed E-state index contributed by atoms with van der Waals surface area (Å²) >= 11 is 0. The van der Waals surface area contributed by atoms with Gasteiger partial charge in [-0.15, -0.1) is 0 Å². The molecule has 2 nitrogen and oxygen atoms in total. The molecule has 1 aromatic heterocycles. The van der Waals surface area contributed by atoms with Gasteiger partial charge in [0, 0.05) is 39.0 Å². The lowest BCUT2D eigenvalue weighted by atomic mass is 9.82. The van der Waals surface area contributed by atoms with Crippen molar-refractivity contribution in [2.45, 2.75) is 19.3 Å². The number of hydrogen-bond donors (Lipinski definition) is 0. The first-order chi connectivity index (χ1) is 23.1. The van der Waals surface area contributed by atoms with E-state index in [0.29, 0.717) is 0 Å². The van der Waals surface area contributed by atoms with Crippen molar-refractivity contribution in [2.24, 2.45) is 0 Å². The Hall–Kier alpha value is -5.86. The molecule has 9 aromatic rings. The predicted molar refractivity (Wildman–Crippen MR) is 198 cm³/mol. The normalized spacial score (nSPS) is 13.5. The van der Waals surface area contributed by atoms with E-state index in [1.807, 2.05) is 6.07 Å². The van der Waals surface area contributed by atoms with Crippen molar-refractivity contribution >= 4 is 71.3 Å². The summed E-state index contributed by atoms with van der Waals surface area (Å²) in [5, 5.41) is 9.74. The maximum Gasteiger partial charge on any atom is 0.137 e. The zero-order chi connectivity index (χ0) is 31.3. The monoisotopic (exact) mass is 601 g/mol. The third kappa shape index (κ3) is 3.73. The zero-order valence-electron chi connectivity index (χ0n) is 26.3. The van der Waals surface area contributed by atoms with Crippen molar-refractivity contribution in [3.05, 3.63) is 163 Å². The Morgan fingerprint density at radius 2 is 1.04 bits per heavy atom. The van der Waals surface area contributed by atoms with Gasteiger partial charge in [0.25, 0.3) is 0 Å². The molecule has 0 atom stereocenters. The van der Waals surface area contributed by atoms with Crippen molar-refractivity contribution in [3.63, 3.8) is 0 Å². The van der Waals surface area contributed by atoms with Crippen LogP contribution in [0.5, 0.6) is 0 Å². The summed E-state index contributed by atoms with van der Waals surface area (Å²) < 4.78 is 6.45. The summed E-state index contributed by atoms with van der Waals surface area (Å²) in [6, 6.07) is 55.4. The molecule has 10 rings (SSSR count). The first-order valence-electron chi connectivity index (χ1n) is 16.4. The van der Waals surface area contributed by atoms with E-state index < -0.39 is 0 Å². The van der Waals surface area contributed by atoms with E-state index >= 15 is 0 Å². The standard InChI is InChI=1S/C45H31NO/c1-45(2)40-17-9-7-14-34(40)39-25-29(21-24-41(39)45)46(30-20-23-37-36-16-8-10-18-43(36)47-44(37)26-30)42-27-38-31-12-4-3-11-28(31)19-22-33(38)32-13-5-6-15-35(32)42/h3-27H,1-2H3. The number of rotatable bonds is 3. The van der Waals surface area contributed by atoms with Gasteiger partial charge in [-0.2, -0.15) is 0 Å². The Bertz CT molecular complexity index is 2730. The van der Waals surface area contributed by atoms with Gasteiger partial charge in [0.15, 0.2) is 0 Å². The fraction of sp³-hybridized carbons (Fsp3) is 0.0667. The van der Waals surface area contributed by atoms with Gasteiger partial charge in [-0.25, -0.2) is 0 Å². The van der Waals surface area contributed by atoms with Gasteiger partial charge in [-0.05, 0) is 85.6 Å². The van der Waals surface area contributed by atoms with E-state index in [0.717, 1.165) is 39.0 Å². The topological polar surface area (TPSA) is 16.4 Å². The van der Waals surface area contributed by atoms with E-state index in [2.05, 4.69) is 164 Å². The average molecular weight is 602 g/mol. The predicted octanol–water partition coefficient (Wildman–Crippen LogP) is 12.8. The van der Waals surface area contributed by atoms with Crippen LogP contribution in [0.25, 0.3) is 65.4 Å². The number of benzene rings is 8. The van der Waals surface area contributed by atoms with Gasteiger partial charge in [0.1, 0.15) is 11.2 Å². The Morgan fingerprint density at radius 3 is 1.94 bits per heavy atom. The molecule has 0 N–H and O–H groups in total. The molecule has 0 saturated heterocycles. The van der Waals surface area contributed by atoms with E-state index in [9.17, 15) is 0 Å². The molecule has 1 aliphatic rings. The quantitative estimate of drug-likeness (QED) is 0.187. The number of para-hydroxylation sites is 1. The van der Waals surface area contributed by atoms with Gasteiger partial charge in [-0.3, -0.25) is 0 Å². The molecular weight excluding hydrogens is 571 g/mol. The summed E-state index contributed by atoms with van der Waals surface area (Å²) in [7, 11) is 0. The van der Waals surface area contributed by atoms with Gasteiger partial charge in [-0.1, -0.05) is 123 Å². The highest BCUT2D eigenvalue weighted by Crippen LogP contribution is 2.51. The smallest absolute Gasteiger partial charge is 0.137 e. The maximum absolute atomic E-state index is 6.45. The lowest BCUT2D eigenvalue weighted by Crippen LogP contribution is -2.15. The summed E-state index contributed by atoms with van der Waals surface area (Å²) in [6.45, 7) is 4.68. The Labute approximate surface area is 273 Å². The molecule has 0 unspecified atom stereocenters. The highest BCUT2D eigenvalue weighted by Gasteiger charge is 2.35. The summed E-state index contributed by atoms with van der Waals surface area (Å²) in [5.41, 5.74) is 10.4. The molecular formula is C45H31NO. The second-order valence-corrected chi connectivity index (χ2v) is 13.3. The van der Waals surface area contributed by atoms with Crippen LogP contribution in [0.3, 0.4) is 0 Å². The first kappa shape index (κ1) is 26.4. The van der Waals surface area contributed by atoms with Crippen molar-refractivity contribution in [1.82, 2.24) is 0 Å². The molecule has 8 aromatic carbocycles. The molecule has 222 valence electrons. The molecule has 2 heteroatoms. The number of nitrogens with zero attached hydrogens (tertiary/aromatic N) is 1. The molecule has 0 spiro atoms. The highest BCUT2D eigenvalue weighted by molar-refractivity contribution is 6.21. The molecule has 0 bridgehead atoms. The minimum absolute atomic E-state index is 0.0585. The molecule has 0 fully saturated rings. The molecule has 1 aliphatic carbocycles. The van der Waals surface area contributed by atoms with Gasteiger partial charge in [0.05, 0.1) is 5.69 Å². The van der Waals surface area contributed by atoms with E-state index in [1.54, 1.807) is 0 Å². The minimum atomic E-state index is -0.0585. The molecule has 0 amide bonds. The Morgan fingerprint density at radius 1 is 0.426 bits per heavy atom. The molecule has 1 heterocycles. The largest absolute Gasteiger partial charge is 0.456 e. The molecule has 0 saturated carbocycles. The summed E-state index contributed by atoms with van der Waals surface area (Å²) in [6.07, 6.45) is 0. The van der Waals surface area contributed by atoms with Gasteiger partial charge in [0.2, 0.25) is 0 Å². The van der Waals surface area contributed by atoms with Crippen LogP contribution in [0.4, 0.5) is 17.1 Å². The second-order valence-electron chi connectivity index (χ2n) is 13.3. The van der Waals surface area contributed by atoms with E-state index in [4.69, 9.17) is 4.42 Å². The van der Waals surface area contributed by atoms with Crippen LogP contribution in [0.15, 0.2) is 156 Å². The molecule has 0 radical (unpaired) electrons. The van der Waals surface area contributed by atoms with Crippen molar-refractivity contribution in [1.29, 1.82) is 0 Å². The lowest BCUT2D eigenvalue weighted by molar-refractivity contribution is 0.660. The van der Waals surface area contributed by atoms with E-state index in [1.165, 1.54) is 54.6 Å². The fourth-order valence-electron chi connectivity index (χ4n) is 8.15. The van der Waals surface area contributed by atoms with Crippen LogP contribution < -0.4 is 4.90 Å². The third-order valence-corrected chi connectivity index (χ3v) is 10.4. The maximum atomic E-state index is 6.45. The van der Waals surface area contributed by atoms with Crippen molar-refractivity contribution < 1.29 is 4.42 Å². The number of anilines is 3. The van der Waals surface area contributed by atoms with Crippen molar-refractivity contribution in [2.75, 3.05) is 4.90 Å². The van der Waals surface area contributed by atoms with Gasteiger partial charge >= 0.3 is 0 Å². The lowest BCUT2D eigenvalue weighted by Gasteiger charge is -2.29. The van der Waals surface area contributed by atoms with Gasteiger partial charge < -0.3 is 9.32 Å². The van der Waals surface area contributed by atoms with Crippen LogP contribution in [0.2, 0.25) is 0 Å². The molecule has 0 aliphatic heterocycles. The Balaban J connectivity index is 1.30. The SMILES string of the molecule is CC1(C)c2ccccc2-c2cc(N(c3ccc4c(c3)oc3ccccc34)c3cc4c5ccccc5ccc4c4ccccc34)ccc21. The number of furan rings is 1. The van der Waals surface area contributed by atoms with Crippen LogP contribution in [-0.2, 0) is 5.41 Å². The zero-order valence-corrected chi connectivity index (χ0v) is 26.3. The van der Waals surface area contributed by atoms with E-state index in [-0.39, 0.29) is 5.41 Å². The summed E-state index contributed by atoms with van der Waals surface area (Å²) in [5.74, 6) is 0.